The lowest BCUT2D eigenvalue weighted by Gasteiger charge is -2.27. The molecule has 0 saturated carbocycles. The first-order chi connectivity index (χ1) is 36.9. The summed E-state index contributed by atoms with van der Waals surface area (Å²) < 4.78 is 30.7. The van der Waals surface area contributed by atoms with Crippen molar-refractivity contribution in [1.29, 1.82) is 0 Å². The van der Waals surface area contributed by atoms with Crippen LogP contribution in [0.25, 0.3) is 0 Å². The monoisotopic (exact) mass is 1090 g/mol. The normalized spacial score (nSPS) is 14.0. The number of esters is 1. The van der Waals surface area contributed by atoms with E-state index in [2.05, 4.69) is 74.7 Å². The SMILES string of the molecule is CCCCC/C=C\C/C=C\C/C=C\C/C=C\CCCCCCCCCCCC(=O)OC(/C=C\CCCCCCCCCCCC)C(COP(=O)(O)OCC[N+](C)(C)C)NC(=O)CCCCCCCCCCCCCCC. The molecule has 0 aromatic heterocycles. The number of ether oxygens (including phenoxy) is 1. The van der Waals surface area contributed by atoms with E-state index < -0.39 is 20.0 Å². The summed E-state index contributed by atoms with van der Waals surface area (Å²) in [6, 6.07) is -0.849. The van der Waals surface area contributed by atoms with E-state index in [1.165, 1.54) is 180 Å². The summed E-state index contributed by atoms with van der Waals surface area (Å²) in [5.74, 6) is -0.504. The number of rotatable bonds is 58. The summed E-state index contributed by atoms with van der Waals surface area (Å²) in [7, 11) is 1.50. The van der Waals surface area contributed by atoms with Gasteiger partial charge in [-0.2, -0.15) is 0 Å². The molecular weight excluding hydrogens is 964 g/mol. The van der Waals surface area contributed by atoms with Gasteiger partial charge in [-0.25, -0.2) is 4.57 Å². The summed E-state index contributed by atoms with van der Waals surface area (Å²) in [4.78, 5) is 37.7. The number of nitrogens with one attached hydrogen (secondary N) is 1. The van der Waals surface area contributed by atoms with Gasteiger partial charge in [0.2, 0.25) is 5.91 Å². The Hall–Kier alpha value is -2.29. The fourth-order valence-corrected chi connectivity index (χ4v) is 9.95. The first-order valence-corrected chi connectivity index (χ1v) is 33.6. The van der Waals surface area contributed by atoms with Crippen molar-refractivity contribution in [2.24, 2.45) is 0 Å². The van der Waals surface area contributed by atoms with Crippen LogP contribution in [-0.2, 0) is 27.9 Å². The van der Waals surface area contributed by atoms with Crippen molar-refractivity contribution in [3.8, 4) is 0 Å². The predicted octanol–water partition coefficient (Wildman–Crippen LogP) is 19.8. The largest absolute Gasteiger partial charge is 0.472 e. The van der Waals surface area contributed by atoms with Crippen molar-refractivity contribution in [1.82, 2.24) is 5.32 Å². The molecule has 1 amide bonds. The van der Waals surface area contributed by atoms with Crippen LogP contribution < -0.4 is 5.32 Å². The number of phosphoric acid groups is 1. The Morgan fingerprint density at radius 3 is 1.22 bits per heavy atom. The van der Waals surface area contributed by atoms with E-state index in [0.29, 0.717) is 17.4 Å². The number of hydrogen-bond donors (Lipinski definition) is 2. The molecule has 0 saturated heterocycles. The molecule has 10 heteroatoms. The Morgan fingerprint density at radius 1 is 0.461 bits per heavy atom. The summed E-state index contributed by atoms with van der Waals surface area (Å²) in [5.41, 5.74) is 0. The molecule has 0 aromatic rings. The van der Waals surface area contributed by atoms with Gasteiger partial charge < -0.3 is 19.4 Å². The molecule has 0 aromatic carbocycles. The first-order valence-electron chi connectivity index (χ1n) is 32.1. The number of quaternary nitrogens is 1. The van der Waals surface area contributed by atoms with Gasteiger partial charge in [0.05, 0.1) is 33.8 Å². The lowest BCUT2D eigenvalue weighted by molar-refractivity contribution is -0.870. The molecule has 0 rings (SSSR count). The Kier molecular flexibility index (Phi) is 54.3. The van der Waals surface area contributed by atoms with Crippen LogP contribution in [0.1, 0.15) is 297 Å². The fourth-order valence-electron chi connectivity index (χ4n) is 9.22. The van der Waals surface area contributed by atoms with Crippen LogP contribution in [0.15, 0.2) is 60.8 Å². The first kappa shape index (κ1) is 73.7. The van der Waals surface area contributed by atoms with E-state index in [9.17, 15) is 19.0 Å². The molecule has 3 atom stereocenters. The molecule has 0 aliphatic rings. The summed E-state index contributed by atoms with van der Waals surface area (Å²) in [6.45, 7) is 7.00. The van der Waals surface area contributed by atoms with Gasteiger partial charge in [-0.1, -0.05) is 268 Å². The number of allylic oxidation sites excluding steroid dienone is 9. The molecule has 0 heterocycles. The van der Waals surface area contributed by atoms with Gasteiger partial charge in [0.15, 0.2) is 0 Å². The molecular formula is C66H124N2O7P+. The molecule has 0 bridgehead atoms. The maximum atomic E-state index is 13.5. The van der Waals surface area contributed by atoms with Crippen LogP contribution in [0.5, 0.6) is 0 Å². The molecule has 3 unspecified atom stereocenters. The van der Waals surface area contributed by atoms with Crippen molar-refractivity contribution >= 4 is 19.7 Å². The quantitative estimate of drug-likeness (QED) is 0.0205. The van der Waals surface area contributed by atoms with E-state index in [0.717, 1.165) is 83.5 Å². The smallest absolute Gasteiger partial charge is 0.456 e. The number of carbonyl (C=O) groups excluding carboxylic acids is 2. The average Bonchev–Trinajstić information content (AvgIpc) is 3.38. The molecule has 0 aliphatic carbocycles. The lowest BCUT2D eigenvalue weighted by Crippen LogP contribution is -2.47. The lowest BCUT2D eigenvalue weighted by atomic mass is 10.0. The van der Waals surface area contributed by atoms with E-state index in [-0.39, 0.29) is 31.5 Å². The minimum atomic E-state index is -4.45. The van der Waals surface area contributed by atoms with Crippen molar-refractivity contribution in [2.75, 3.05) is 40.9 Å². The standard InChI is InChI=1S/C66H123N2O7P/c1-7-10-13-16-19-22-25-28-29-30-31-32-33-34-35-36-37-38-39-41-44-47-50-53-56-59-66(70)75-64(57-54-51-48-45-42-27-24-21-18-15-12-9-3)63(62-74-76(71,72)73-61-60-68(4,5)6)67-65(69)58-55-52-49-46-43-40-26-23-20-17-14-11-8-2/h19,22,28-29,31-32,34-35,54,57,63-64H,7-18,20-21,23-27,30,33,36-53,55-56,58-62H2,1-6H3,(H-,67,69,71,72)/p+1/b22-19-,29-28-,32-31-,35-34-,57-54-. The zero-order valence-corrected chi connectivity index (χ0v) is 51.6. The number of hydrogen-bond acceptors (Lipinski definition) is 6. The maximum Gasteiger partial charge on any atom is 0.472 e. The third-order valence-electron chi connectivity index (χ3n) is 14.2. The van der Waals surface area contributed by atoms with Crippen LogP contribution in [0.2, 0.25) is 0 Å². The highest BCUT2D eigenvalue weighted by Gasteiger charge is 2.30. The minimum Gasteiger partial charge on any atom is -0.456 e. The number of amides is 1. The summed E-state index contributed by atoms with van der Waals surface area (Å²) in [5, 5.41) is 3.06. The van der Waals surface area contributed by atoms with Crippen LogP contribution in [-0.4, -0.2) is 74.3 Å². The molecule has 76 heavy (non-hydrogen) atoms. The highest BCUT2D eigenvalue weighted by molar-refractivity contribution is 7.47. The van der Waals surface area contributed by atoms with Crippen molar-refractivity contribution in [3.63, 3.8) is 0 Å². The highest BCUT2D eigenvalue weighted by Crippen LogP contribution is 2.43. The number of carbonyl (C=O) groups is 2. The van der Waals surface area contributed by atoms with E-state index >= 15 is 0 Å². The van der Waals surface area contributed by atoms with E-state index in [1.807, 2.05) is 33.3 Å². The molecule has 2 N–H and O–H groups in total. The Labute approximate surface area is 471 Å². The second-order valence-corrected chi connectivity index (χ2v) is 24.4. The minimum absolute atomic E-state index is 0.0395. The van der Waals surface area contributed by atoms with Gasteiger partial charge in [-0.15, -0.1) is 0 Å². The van der Waals surface area contributed by atoms with Crippen LogP contribution >= 0.6 is 7.82 Å². The number of nitrogens with zero attached hydrogens (tertiary/aromatic N) is 1. The van der Waals surface area contributed by atoms with Gasteiger partial charge in [-0.3, -0.25) is 18.6 Å². The van der Waals surface area contributed by atoms with E-state index in [1.54, 1.807) is 0 Å². The second-order valence-electron chi connectivity index (χ2n) is 22.9. The number of likely N-dealkylation sites (N-methyl/N-ethyl adjacent to an activating group) is 1. The van der Waals surface area contributed by atoms with E-state index in [4.69, 9.17) is 13.8 Å². The summed E-state index contributed by atoms with van der Waals surface area (Å²) >= 11 is 0. The van der Waals surface area contributed by atoms with Gasteiger partial charge in [-0.05, 0) is 76.7 Å². The second kappa shape index (κ2) is 56.0. The average molecular weight is 1090 g/mol. The van der Waals surface area contributed by atoms with Crippen LogP contribution in [0, 0.1) is 0 Å². The van der Waals surface area contributed by atoms with Gasteiger partial charge >= 0.3 is 13.8 Å². The molecule has 9 nitrogen and oxygen atoms in total. The van der Waals surface area contributed by atoms with Gasteiger partial charge in [0.25, 0.3) is 0 Å². The molecule has 444 valence electrons. The van der Waals surface area contributed by atoms with Crippen molar-refractivity contribution in [2.45, 2.75) is 309 Å². The van der Waals surface area contributed by atoms with Gasteiger partial charge in [0, 0.05) is 12.8 Å². The van der Waals surface area contributed by atoms with Gasteiger partial charge in [0.1, 0.15) is 19.3 Å². The number of unbranched alkanes of at least 4 members (excludes halogenated alkanes) is 34. The Balaban J connectivity index is 5.13. The third-order valence-corrected chi connectivity index (χ3v) is 15.2. The van der Waals surface area contributed by atoms with Crippen LogP contribution in [0.3, 0.4) is 0 Å². The summed E-state index contributed by atoms with van der Waals surface area (Å²) in [6.07, 6.45) is 70.7. The topological polar surface area (TPSA) is 111 Å². The molecule has 0 spiro atoms. The predicted molar refractivity (Wildman–Crippen MR) is 328 cm³/mol. The fraction of sp³-hybridized carbons (Fsp3) is 0.818. The van der Waals surface area contributed by atoms with Crippen LogP contribution in [0.4, 0.5) is 0 Å². The molecule has 0 radical (unpaired) electrons. The van der Waals surface area contributed by atoms with Crippen molar-refractivity contribution < 1.29 is 37.3 Å². The molecule has 0 aliphatic heterocycles. The Bertz CT molecular complexity index is 1490. The Morgan fingerprint density at radius 2 is 0.803 bits per heavy atom. The highest BCUT2D eigenvalue weighted by atomic mass is 31.2. The zero-order valence-electron chi connectivity index (χ0n) is 50.7. The zero-order chi connectivity index (χ0) is 55.7. The maximum absolute atomic E-state index is 13.5. The van der Waals surface area contributed by atoms with Crippen molar-refractivity contribution in [3.05, 3.63) is 60.8 Å². The number of phosphoric ester groups is 1. The molecule has 0 fully saturated rings. The third kappa shape index (κ3) is 56.4.